The molecule has 3 heteroatoms. The van der Waals surface area contributed by atoms with Crippen molar-refractivity contribution in [2.75, 3.05) is 39.9 Å². The first-order valence-electron chi connectivity index (χ1n) is 7.98. The fourth-order valence-corrected chi connectivity index (χ4v) is 2.63. The molecular weight excluding hydrogens is 236 g/mol. The summed E-state index contributed by atoms with van der Waals surface area (Å²) in [6.07, 6.45) is 2.84. The van der Waals surface area contributed by atoms with E-state index < -0.39 is 0 Å². The number of hydrogen-bond acceptors (Lipinski definition) is 3. The zero-order valence-corrected chi connectivity index (χ0v) is 13.6. The molecule has 2 atom stereocenters. The predicted molar refractivity (Wildman–Crippen MR) is 82.5 cm³/mol. The molecular formula is C16H34N2O. The second-order valence-corrected chi connectivity index (χ2v) is 6.72. The molecule has 0 radical (unpaired) electrons. The van der Waals surface area contributed by atoms with Crippen LogP contribution in [0.4, 0.5) is 0 Å². The number of nitrogens with one attached hydrogen (secondary N) is 1. The average molecular weight is 270 g/mol. The standard InChI is InChI=1S/C16H34N2O/c1-13(2)10-17-11-14(3)12-18(8-9-19-5)15(4)16-6-7-16/h13-17H,6-12H2,1-5H3. The molecule has 114 valence electrons. The molecule has 1 aliphatic carbocycles. The van der Waals surface area contributed by atoms with Gasteiger partial charge in [-0.1, -0.05) is 20.8 Å². The lowest BCUT2D eigenvalue weighted by molar-refractivity contribution is 0.105. The number of nitrogens with zero attached hydrogens (tertiary/aromatic N) is 1. The third kappa shape index (κ3) is 7.28. The van der Waals surface area contributed by atoms with Gasteiger partial charge < -0.3 is 10.1 Å². The lowest BCUT2D eigenvalue weighted by Gasteiger charge is -2.31. The van der Waals surface area contributed by atoms with Crippen molar-refractivity contribution in [3.05, 3.63) is 0 Å². The van der Waals surface area contributed by atoms with Crippen LogP contribution in [-0.4, -0.2) is 50.8 Å². The van der Waals surface area contributed by atoms with E-state index in [1.807, 2.05) is 0 Å². The van der Waals surface area contributed by atoms with Crippen LogP contribution in [0, 0.1) is 17.8 Å². The van der Waals surface area contributed by atoms with Gasteiger partial charge in [0, 0.05) is 26.2 Å². The van der Waals surface area contributed by atoms with Gasteiger partial charge in [-0.05, 0) is 50.6 Å². The molecule has 19 heavy (non-hydrogen) atoms. The normalized spacial score (nSPS) is 19.1. The fraction of sp³-hybridized carbons (Fsp3) is 1.00. The second-order valence-electron chi connectivity index (χ2n) is 6.72. The van der Waals surface area contributed by atoms with Crippen LogP contribution in [0.5, 0.6) is 0 Å². The first kappa shape index (κ1) is 16.9. The fourth-order valence-electron chi connectivity index (χ4n) is 2.63. The Hall–Kier alpha value is -0.120. The molecule has 0 aromatic rings. The highest BCUT2D eigenvalue weighted by atomic mass is 16.5. The summed E-state index contributed by atoms with van der Waals surface area (Å²) in [5.41, 5.74) is 0. The molecule has 0 heterocycles. The van der Waals surface area contributed by atoms with Crippen molar-refractivity contribution in [1.29, 1.82) is 0 Å². The minimum Gasteiger partial charge on any atom is -0.383 e. The van der Waals surface area contributed by atoms with Gasteiger partial charge in [-0.15, -0.1) is 0 Å². The van der Waals surface area contributed by atoms with Crippen molar-refractivity contribution in [3.63, 3.8) is 0 Å². The Labute approximate surface area is 120 Å². The quantitative estimate of drug-likeness (QED) is 0.624. The minimum atomic E-state index is 0.705. The third-order valence-corrected chi connectivity index (χ3v) is 4.05. The Morgan fingerprint density at radius 1 is 1.16 bits per heavy atom. The summed E-state index contributed by atoms with van der Waals surface area (Å²) in [6.45, 7) is 14.6. The number of methoxy groups -OCH3 is 1. The highest BCUT2D eigenvalue weighted by Crippen LogP contribution is 2.35. The van der Waals surface area contributed by atoms with Gasteiger partial charge in [0.15, 0.2) is 0 Å². The predicted octanol–water partition coefficient (Wildman–Crippen LogP) is 2.62. The molecule has 1 saturated carbocycles. The van der Waals surface area contributed by atoms with E-state index in [4.69, 9.17) is 4.74 Å². The van der Waals surface area contributed by atoms with Gasteiger partial charge in [0.05, 0.1) is 6.61 Å². The molecule has 0 bridgehead atoms. The van der Waals surface area contributed by atoms with Crippen molar-refractivity contribution in [3.8, 4) is 0 Å². The van der Waals surface area contributed by atoms with E-state index in [0.29, 0.717) is 5.92 Å². The van der Waals surface area contributed by atoms with Gasteiger partial charge in [0.25, 0.3) is 0 Å². The van der Waals surface area contributed by atoms with E-state index >= 15 is 0 Å². The third-order valence-electron chi connectivity index (χ3n) is 4.05. The highest BCUT2D eigenvalue weighted by Gasteiger charge is 2.32. The van der Waals surface area contributed by atoms with Crippen molar-refractivity contribution >= 4 is 0 Å². The van der Waals surface area contributed by atoms with Gasteiger partial charge >= 0.3 is 0 Å². The molecule has 0 saturated heterocycles. The molecule has 1 aliphatic rings. The van der Waals surface area contributed by atoms with Crippen LogP contribution >= 0.6 is 0 Å². The van der Waals surface area contributed by atoms with Crippen LogP contribution in [0.25, 0.3) is 0 Å². The summed E-state index contributed by atoms with van der Waals surface area (Å²) in [6, 6.07) is 0.725. The summed E-state index contributed by atoms with van der Waals surface area (Å²) in [7, 11) is 1.80. The smallest absolute Gasteiger partial charge is 0.0589 e. The summed E-state index contributed by atoms with van der Waals surface area (Å²) < 4.78 is 5.26. The largest absolute Gasteiger partial charge is 0.383 e. The molecule has 1 rings (SSSR count). The van der Waals surface area contributed by atoms with Crippen LogP contribution in [0.1, 0.15) is 40.5 Å². The number of rotatable bonds is 11. The van der Waals surface area contributed by atoms with Crippen molar-refractivity contribution < 1.29 is 4.74 Å². The zero-order valence-electron chi connectivity index (χ0n) is 13.6. The molecule has 0 spiro atoms. The Morgan fingerprint density at radius 3 is 2.37 bits per heavy atom. The number of hydrogen-bond donors (Lipinski definition) is 1. The first-order chi connectivity index (χ1) is 9.04. The lowest BCUT2D eigenvalue weighted by Crippen LogP contribution is -2.42. The molecule has 3 nitrogen and oxygen atoms in total. The Morgan fingerprint density at radius 2 is 1.84 bits per heavy atom. The van der Waals surface area contributed by atoms with Gasteiger partial charge in [0.2, 0.25) is 0 Å². The topological polar surface area (TPSA) is 24.5 Å². The van der Waals surface area contributed by atoms with E-state index in [9.17, 15) is 0 Å². The molecule has 0 amide bonds. The first-order valence-corrected chi connectivity index (χ1v) is 7.98. The van der Waals surface area contributed by atoms with Crippen LogP contribution in [0.3, 0.4) is 0 Å². The van der Waals surface area contributed by atoms with E-state index in [0.717, 1.165) is 44.1 Å². The van der Waals surface area contributed by atoms with E-state index in [1.54, 1.807) is 7.11 Å². The minimum absolute atomic E-state index is 0.705. The summed E-state index contributed by atoms with van der Waals surface area (Å²) in [5.74, 6) is 2.38. The Kier molecular flexibility index (Phi) is 7.96. The molecule has 2 unspecified atom stereocenters. The Bertz CT molecular complexity index is 229. The van der Waals surface area contributed by atoms with Crippen molar-refractivity contribution in [2.24, 2.45) is 17.8 Å². The summed E-state index contributed by atoms with van der Waals surface area (Å²) >= 11 is 0. The van der Waals surface area contributed by atoms with Crippen molar-refractivity contribution in [2.45, 2.75) is 46.6 Å². The van der Waals surface area contributed by atoms with Crippen LogP contribution in [0.2, 0.25) is 0 Å². The maximum Gasteiger partial charge on any atom is 0.0589 e. The van der Waals surface area contributed by atoms with Crippen LogP contribution < -0.4 is 5.32 Å². The SMILES string of the molecule is COCCN(CC(C)CNCC(C)C)C(C)C1CC1. The molecule has 1 N–H and O–H groups in total. The van der Waals surface area contributed by atoms with E-state index in [2.05, 4.69) is 37.9 Å². The average Bonchev–Trinajstić information content (AvgIpc) is 3.17. The van der Waals surface area contributed by atoms with Crippen molar-refractivity contribution in [1.82, 2.24) is 10.2 Å². The van der Waals surface area contributed by atoms with Crippen LogP contribution in [-0.2, 0) is 4.74 Å². The maximum atomic E-state index is 5.26. The van der Waals surface area contributed by atoms with Gasteiger partial charge in [-0.3, -0.25) is 4.90 Å². The van der Waals surface area contributed by atoms with Gasteiger partial charge in [0.1, 0.15) is 0 Å². The molecule has 0 aromatic carbocycles. The highest BCUT2D eigenvalue weighted by molar-refractivity contribution is 4.86. The lowest BCUT2D eigenvalue weighted by atomic mass is 10.1. The monoisotopic (exact) mass is 270 g/mol. The molecule has 0 aliphatic heterocycles. The molecule has 0 aromatic heterocycles. The van der Waals surface area contributed by atoms with Crippen LogP contribution in [0.15, 0.2) is 0 Å². The van der Waals surface area contributed by atoms with E-state index in [1.165, 1.54) is 19.4 Å². The maximum absolute atomic E-state index is 5.26. The summed E-state index contributed by atoms with van der Waals surface area (Å²) in [4.78, 5) is 2.63. The zero-order chi connectivity index (χ0) is 14.3. The number of ether oxygens (including phenoxy) is 1. The Balaban J connectivity index is 2.28. The van der Waals surface area contributed by atoms with E-state index in [-0.39, 0.29) is 0 Å². The van der Waals surface area contributed by atoms with Gasteiger partial charge in [-0.2, -0.15) is 0 Å². The summed E-state index contributed by atoms with van der Waals surface area (Å²) in [5, 5.41) is 3.57. The van der Waals surface area contributed by atoms with Gasteiger partial charge in [-0.25, -0.2) is 0 Å². The molecule has 1 fully saturated rings. The second kappa shape index (κ2) is 8.93.